The van der Waals surface area contributed by atoms with Crippen LogP contribution in [0.1, 0.15) is 98.8 Å². The van der Waals surface area contributed by atoms with Gasteiger partial charge in [0.05, 0.1) is 0 Å². The molecule has 0 aromatic carbocycles. The van der Waals surface area contributed by atoms with Crippen LogP contribution in [0.15, 0.2) is 0 Å². The van der Waals surface area contributed by atoms with E-state index in [1.807, 2.05) is 0 Å². The van der Waals surface area contributed by atoms with Crippen molar-refractivity contribution in [2.45, 2.75) is 98.8 Å². The lowest BCUT2D eigenvalue weighted by Gasteiger charge is -2.26. The average molecular weight is 407 g/mol. The Balaban J connectivity index is 3.18. The summed E-state index contributed by atoms with van der Waals surface area (Å²) < 4.78 is 0. The zero-order valence-corrected chi connectivity index (χ0v) is 19.8. The predicted octanol–water partition coefficient (Wildman–Crippen LogP) is 5.90. The van der Waals surface area contributed by atoms with E-state index in [9.17, 15) is 0 Å². The SMILES string of the molecule is CCCCNc1nc(N(CCCC)CCCC)nc(N(CCCC)CCCC)n1. The van der Waals surface area contributed by atoms with E-state index in [1.54, 1.807) is 0 Å². The van der Waals surface area contributed by atoms with Crippen molar-refractivity contribution in [1.29, 1.82) is 0 Å². The van der Waals surface area contributed by atoms with Gasteiger partial charge in [-0.25, -0.2) is 0 Å². The van der Waals surface area contributed by atoms with Gasteiger partial charge in [0, 0.05) is 32.7 Å². The Kier molecular flexibility index (Phi) is 14.2. The number of nitrogens with one attached hydrogen (secondary N) is 1. The van der Waals surface area contributed by atoms with Crippen molar-refractivity contribution in [3.05, 3.63) is 0 Å². The number of aromatic nitrogens is 3. The van der Waals surface area contributed by atoms with E-state index in [0.717, 1.165) is 63.4 Å². The minimum Gasteiger partial charge on any atom is -0.354 e. The van der Waals surface area contributed by atoms with Crippen LogP contribution in [-0.4, -0.2) is 47.7 Å². The third-order valence-corrected chi connectivity index (χ3v) is 5.12. The molecule has 0 saturated heterocycles. The number of nitrogens with zero attached hydrogens (tertiary/aromatic N) is 5. The molecule has 0 bridgehead atoms. The summed E-state index contributed by atoms with van der Waals surface area (Å²) in [5, 5.41) is 3.44. The van der Waals surface area contributed by atoms with Gasteiger partial charge < -0.3 is 15.1 Å². The molecule has 0 spiro atoms. The molecule has 0 aliphatic heterocycles. The lowest BCUT2D eigenvalue weighted by Crippen LogP contribution is -2.32. The molecule has 0 radical (unpaired) electrons. The van der Waals surface area contributed by atoms with Crippen molar-refractivity contribution < 1.29 is 0 Å². The minimum absolute atomic E-state index is 0.731. The second kappa shape index (κ2) is 16.2. The Labute approximate surface area is 179 Å². The highest BCUT2D eigenvalue weighted by molar-refractivity contribution is 5.45. The topological polar surface area (TPSA) is 57.2 Å². The van der Waals surface area contributed by atoms with Crippen LogP contribution >= 0.6 is 0 Å². The number of rotatable bonds is 18. The number of hydrogen-bond donors (Lipinski definition) is 1. The molecule has 29 heavy (non-hydrogen) atoms. The molecule has 168 valence electrons. The lowest BCUT2D eigenvalue weighted by atomic mass is 10.2. The molecule has 6 nitrogen and oxygen atoms in total. The summed E-state index contributed by atoms with van der Waals surface area (Å²) in [6, 6.07) is 0. The van der Waals surface area contributed by atoms with Crippen molar-refractivity contribution in [2.75, 3.05) is 47.8 Å². The summed E-state index contributed by atoms with van der Waals surface area (Å²) in [7, 11) is 0. The van der Waals surface area contributed by atoms with E-state index < -0.39 is 0 Å². The van der Waals surface area contributed by atoms with Crippen LogP contribution < -0.4 is 15.1 Å². The van der Waals surface area contributed by atoms with Gasteiger partial charge >= 0.3 is 0 Å². The van der Waals surface area contributed by atoms with E-state index in [4.69, 9.17) is 15.0 Å². The average Bonchev–Trinajstić information content (AvgIpc) is 2.74. The van der Waals surface area contributed by atoms with Crippen LogP contribution in [0, 0.1) is 0 Å². The molecule has 6 heteroatoms. The van der Waals surface area contributed by atoms with Gasteiger partial charge in [-0.3, -0.25) is 0 Å². The molecule has 1 heterocycles. The smallest absolute Gasteiger partial charge is 0.231 e. The number of anilines is 3. The van der Waals surface area contributed by atoms with Crippen molar-refractivity contribution in [2.24, 2.45) is 0 Å². The molecule has 1 aromatic heterocycles. The highest BCUT2D eigenvalue weighted by atomic mass is 15.4. The lowest BCUT2D eigenvalue weighted by molar-refractivity contribution is 0.645. The van der Waals surface area contributed by atoms with Gasteiger partial charge in [0.15, 0.2) is 0 Å². The van der Waals surface area contributed by atoms with E-state index >= 15 is 0 Å². The van der Waals surface area contributed by atoms with E-state index in [1.165, 1.54) is 51.4 Å². The first-order valence-electron chi connectivity index (χ1n) is 12.2. The maximum atomic E-state index is 4.96. The first kappa shape index (κ1) is 25.4. The van der Waals surface area contributed by atoms with Crippen molar-refractivity contribution in [1.82, 2.24) is 15.0 Å². The fourth-order valence-corrected chi connectivity index (χ4v) is 3.11. The quantitative estimate of drug-likeness (QED) is 0.306. The van der Waals surface area contributed by atoms with Crippen molar-refractivity contribution >= 4 is 17.8 Å². The van der Waals surface area contributed by atoms with E-state index in [2.05, 4.69) is 49.7 Å². The maximum absolute atomic E-state index is 4.96. The van der Waals surface area contributed by atoms with Gasteiger partial charge in [-0.15, -0.1) is 0 Å². The van der Waals surface area contributed by atoms with Gasteiger partial charge in [-0.05, 0) is 32.1 Å². The first-order chi connectivity index (χ1) is 14.2. The third-order valence-electron chi connectivity index (χ3n) is 5.12. The van der Waals surface area contributed by atoms with Crippen LogP contribution in [0.5, 0.6) is 0 Å². The largest absolute Gasteiger partial charge is 0.354 e. The normalized spacial score (nSPS) is 10.9. The minimum atomic E-state index is 0.731. The van der Waals surface area contributed by atoms with Crippen LogP contribution in [-0.2, 0) is 0 Å². The van der Waals surface area contributed by atoms with Gasteiger partial charge in [0.25, 0.3) is 0 Å². The fourth-order valence-electron chi connectivity index (χ4n) is 3.11. The summed E-state index contributed by atoms with van der Waals surface area (Å²) in [5.74, 6) is 2.41. The van der Waals surface area contributed by atoms with Crippen molar-refractivity contribution in [3.63, 3.8) is 0 Å². The summed E-state index contributed by atoms with van der Waals surface area (Å²) in [6.45, 7) is 16.1. The summed E-state index contributed by atoms with van der Waals surface area (Å²) >= 11 is 0. The fraction of sp³-hybridized carbons (Fsp3) is 0.870. The molecule has 0 aliphatic rings. The number of unbranched alkanes of at least 4 members (excludes halogenated alkanes) is 5. The second-order valence-corrected chi connectivity index (χ2v) is 7.93. The standard InChI is InChI=1S/C23H46N6/c1-6-11-16-24-21-25-22(28(17-12-7-2)18-13-8-3)27-23(26-21)29(19-14-9-4)20-15-10-5/h6-20H2,1-5H3,(H,24,25,26,27). The van der Waals surface area contributed by atoms with Crippen LogP contribution in [0.4, 0.5) is 17.8 Å². The number of hydrogen-bond acceptors (Lipinski definition) is 6. The van der Waals surface area contributed by atoms with E-state index in [0.29, 0.717) is 0 Å². The Morgan fingerprint density at radius 1 is 0.552 bits per heavy atom. The molecule has 0 unspecified atom stereocenters. The van der Waals surface area contributed by atoms with Gasteiger partial charge in [0.2, 0.25) is 17.8 Å². The highest BCUT2D eigenvalue weighted by Crippen LogP contribution is 2.19. The molecule has 0 aliphatic carbocycles. The molecule has 1 aromatic rings. The molecule has 0 fully saturated rings. The van der Waals surface area contributed by atoms with Gasteiger partial charge in [-0.1, -0.05) is 66.7 Å². The van der Waals surface area contributed by atoms with Crippen LogP contribution in [0.25, 0.3) is 0 Å². The highest BCUT2D eigenvalue weighted by Gasteiger charge is 2.17. The Bertz CT molecular complexity index is 468. The molecule has 0 atom stereocenters. The third kappa shape index (κ3) is 10.1. The molecular formula is C23H46N6. The molecule has 1 N–H and O–H groups in total. The Hall–Kier alpha value is -1.59. The maximum Gasteiger partial charge on any atom is 0.231 e. The van der Waals surface area contributed by atoms with Crippen LogP contribution in [0.2, 0.25) is 0 Å². The van der Waals surface area contributed by atoms with Gasteiger partial charge in [-0.2, -0.15) is 15.0 Å². The van der Waals surface area contributed by atoms with Crippen molar-refractivity contribution in [3.8, 4) is 0 Å². The Morgan fingerprint density at radius 2 is 0.931 bits per heavy atom. The van der Waals surface area contributed by atoms with E-state index in [-0.39, 0.29) is 0 Å². The molecule has 1 rings (SSSR count). The predicted molar refractivity (Wildman–Crippen MR) is 127 cm³/mol. The first-order valence-corrected chi connectivity index (χ1v) is 12.2. The molecule has 0 saturated carbocycles. The monoisotopic (exact) mass is 406 g/mol. The zero-order valence-electron chi connectivity index (χ0n) is 19.8. The van der Waals surface area contributed by atoms with Gasteiger partial charge in [0.1, 0.15) is 0 Å². The second-order valence-electron chi connectivity index (χ2n) is 7.93. The molecular weight excluding hydrogens is 360 g/mol. The molecule has 0 amide bonds. The van der Waals surface area contributed by atoms with Crippen LogP contribution in [0.3, 0.4) is 0 Å². The summed E-state index contributed by atoms with van der Waals surface area (Å²) in [4.78, 5) is 19.3. The Morgan fingerprint density at radius 3 is 1.28 bits per heavy atom. The summed E-state index contributed by atoms with van der Waals surface area (Å²) in [5.41, 5.74) is 0. The summed E-state index contributed by atoms with van der Waals surface area (Å²) in [6.07, 6.45) is 11.7. The zero-order chi connectivity index (χ0) is 21.3.